The molecule has 0 radical (unpaired) electrons. The third-order valence-electron chi connectivity index (χ3n) is 11.9. The van der Waals surface area contributed by atoms with E-state index in [4.69, 9.17) is 18.9 Å². The Balaban J connectivity index is 2.65. The lowest BCUT2D eigenvalue weighted by Gasteiger charge is -2.24. The number of carbonyl (C=O) groups is 7. The number of anilines is 1. The predicted molar refractivity (Wildman–Crippen MR) is 291 cm³/mol. The van der Waals surface area contributed by atoms with Crippen molar-refractivity contribution in [1.29, 1.82) is 0 Å². The Bertz CT molecular complexity index is 1670. The van der Waals surface area contributed by atoms with Gasteiger partial charge in [0, 0.05) is 48.4 Å². The fraction of sp³-hybridized carbons (Fsp3) is 0.776. The van der Waals surface area contributed by atoms with Gasteiger partial charge in [0.05, 0.1) is 0 Å². The van der Waals surface area contributed by atoms with Gasteiger partial charge in [-0.05, 0) is 78.6 Å². The molecule has 0 saturated carbocycles. The number of rotatable bonds is 43. The van der Waals surface area contributed by atoms with E-state index in [-0.39, 0.29) is 36.4 Å². The average molecular weight is 1030 g/mol. The summed E-state index contributed by atoms with van der Waals surface area (Å²) in [7, 11) is 0. The number of carbonyl (C=O) groups excluding carboxylic acids is 7. The maximum atomic E-state index is 13.2. The van der Waals surface area contributed by atoms with Crippen molar-refractivity contribution in [3.05, 3.63) is 29.8 Å². The van der Waals surface area contributed by atoms with Gasteiger partial charge in [0.1, 0.15) is 30.0 Å². The first-order chi connectivity index (χ1) is 34.3. The summed E-state index contributed by atoms with van der Waals surface area (Å²) in [6.45, 7) is 14.2. The molecule has 0 bridgehead atoms. The lowest BCUT2D eigenvalue weighted by Crippen LogP contribution is -2.46. The number of unbranched alkanes of at least 4 members (excludes halogenated alkanes) is 24. The molecule has 13 nitrogen and oxygen atoms in total. The standard InChI is InChI=1S/C58H98N2O11S/c1-9-11-13-15-17-19-21-23-25-27-29-31-33-35-52(63)68-44-48(69-53(64)36-34-32-30-28-26-24-22-20-18-16-14-12-10-2)45-72-42-41-51(62)59-47-39-37-46(38-40-47)54(65)60-49(55(66)70-57(3,4)5)43-50(61)56(67)71-58(6,7)8/h37-40,48-49H,9-36,41-45H2,1-8H3,(H,59,62)(H,60,65)/t48?,49-/m0/s1. The van der Waals surface area contributed by atoms with E-state index < -0.39 is 53.4 Å². The Hall–Kier alpha value is -3.94. The minimum Gasteiger partial charge on any atom is -0.462 e. The number of amides is 2. The van der Waals surface area contributed by atoms with Crippen molar-refractivity contribution in [3.8, 4) is 0 Å². The van der Waals surface area contributed by atoms with Gasteiger partial charge in [0.2, 0.25) is 11.7 Å². The zero-order valence-corrected chi connectivity index (χ0v) is 47.0. The molecule has 72 heavy (non-hydrogen) atoms. The van der Waals surface area contributed by atoms with Crippen LogP contribution < -0.4 is 10.6 Å². The predicted octanol–water partition coefficient (Wildman–Crippen LogP) is 13.9. The first kappa shape index (κ1) is 66.1. The van der Waals surface area contributed by atoms with Crippen LogP contribution in [0.2, 0.25) is 0 Å². The highest BCUT2D eigenvalue weighted by Crippen LogP contribution is 2.19. The second-order valence-electron chi connectivity index (χ2n) is 21.4. The number of hydrogen-bond acceptors (Lipinski definition) is 12. The van der Waals surface area contributed by atoms with Crippen LogP contribution in [0.5, 0.6) is 0 Å². The van der Waals surface area contributed by atoms with Gasteiger partial charge in [-0.25, -0.2) is 9.59 Å². The first-order valence-electron chi connectivity index (χ1n) is 28.0. The average Bonchev–Trinajstić information content (AvgIpc) is 3.31. The van der Waals surface area contributed by atoms with Crippen molar-refractivity contribution in [2.45, 2.75) is 271 Å². The fourth-order valence-electron chi connectivity index (χ4n) is 7.91. The zero-order valence-electron chi connectivity index (χ0n) is 46.2. The van der Waals surface area contributed by atoms with Crippen LogP contribution in [0.4, 0.5) is 5.69 Å². The Kier molecular flexibility index (Phi) is 37.1. The summed E-state index contributed by atoms with van der Waals surface area (Å²) in [5, 5.41) is 5.31. The molecular weight excluding hydrogens is 933 g/mol. The van der Waals surface area contributed by atoms with Gasteiger partial charge in [-0.15, -0.1) is 0 Å². The summed E-state index contributed by atoms with van der Waals surface area (Å²) in [5.41, 5.74) is -1.28. The molecule has 0 aliphatic carbocycles. The van der Waals surface area contributed by atoms with Crippen molar-refractivity contribution >= 4 is 58.9 Å². The van der Waals surface area contributed by atoms with Gasteiger partial charge in [-0.1, -0.05) is 168 Å². The van der Waals surface area contributed by atoms with Gasteiger partial charge in [0.15, 0.2) is 0 Å². The summed E-state index contributed by atoms with van der Waals surface area (Å²) in [5.74, 6) is -3.79. The summed E-state index contributed by atoms with van der Waals surface area (Å²) in [6, 6.07) is 4.53. The Morgan fingerprint density at radius 2 is 0.972 bits per heavy atom. The normalized spacial score (nSPS) is 12.4. The van der Waals surface area contributed by atoms with E-state index in [0.717, 1.165) is 38.5 Å². The van der Waals surface area contributed by atoms with Crippen LogP contribution in [0.1, 0.15) is 258 Å². The van der Waals surface area contributed by atoms with Crippen LogP contribution in [0, 0.1) is 0 Å². The third kappa shape index (κ3) is 37.8. The molecule has 0 fully saturated rings. The Morgan fingerprint density at radius 3 is 1.42 bits per heavy atom. The van der Waals surface area contributed by atoms with Crippen molar-refractivity contribution in [3.63, 3.8) is 0 Å². The molecule has 1 rings (SSSR count). The van der Waals surface area contributed by atoms with Gasteiger partial charge in [-0.2, -0.15) is 11.8 Å². The van der Waals surface area contributed by atoms with E-state index in [2.05, 4.69) is 24.5 Å². The van der Waals surface area contributed by atoms with Crippen molar-refractivity contribution in [1.82, 2.24) is 5.32 Å². The quantitative estimate of drug-likeness (QED) is 0.0274. The minimum atomic E-state index is -1.46. The lowest BCUT2D eigenvalue weighted by atomic mass is 10.0. The van der Waals surface area contributed by atoms with Crippen LogP contribution in [-0.2, 0) is 47.7 Å². The number of esters is 4. The molecule has 0 saturated heterocycles. The molecule has 2 atom stereocenters. The van der Waals surface area contributed by atoms with Gasteiger partial charge >= 0.3 is 23.9 Å². The van der Waals surface area contributed by atoms with Crippen LogP contribution in [0.15, 0.2) is 24.3 Å². The second-order valence-corrected chi connectivity index (χ2v) is 22.6. The number of benzene rings is 1. The van der Waals surface area contributed by atoms with Gasteiger partial charge in [-0.3, -0.25) is 24.0 Å². The molecule has 0 heterocycles. The number of ketones is 1. The Labute approximate surface area is 439 Å². The SMILES string of the molecule is CCCCCCCCCCCCCCCC(=O)OCC(CSCCC(=O)Nc1ccc(C(=O)N[C@@H](CC(=O)C(=O)OC(C)(C)C)C(=O)OC(C)(C)C)cc1)OC(=O)CCCCCCCCCCCCCCC. The van der Waals surface area contributed by atoms with Crippen LogP contribution in [0.3, 0.4) is 0 Å². The fourth-order valence-corrected chi connectivity index (χ4v) is 8.84. The van der Waals surface area contributed by atoms with Gasteiger partial charge in [0.25, 0.3) is 5.91 Å². The monoisotopic (exact) mass is 1030 g/mol. The minimum absolute atomic E-state index is 0.0285. The molecule has 1 aromatic rings. The van der Waals surface area contributed by atoms with E-state index in [1.54, 1.807) is 41.5 Å². The molecule has 2 N–H and O–H groups in total. The molecular formula is C58H98N2O11S. The van der Waals surface area contributed by atoms with Crippen LogP contribution in [-0.4, -0.2) is 82.9 Å². The second kappa shape index (κ2) is 40.4. The number of hydrogen-bond donors (Lipinski definition) is 2. The summed E-state index contributed by atoms with van der Waals surface area (Å²) in [4.78, 5) is 89.9. The number of nitrogens with one attached hydrogen (secondary N) is 2. The highest BCUT2D eigenvalue weighted by molar-refractivity contribution is 7.99. The smallest absolute Gasteiger partial charge is 0.375 e. The molecule has 1 unspecified atom stereocenters. The van der Waals surface area contributed by atoms with E-state index in [1.807, 2.05) is 0 Å². The molecule has 2 amide bonds. The van der Waals surface area contributed by atoms with E-state index >= 15 is 0 Å². The van der Waals surface area contributed by atoms with E-state index in [1.165, 1.54) is 164 Å². The zero-order chi connectivity index (χ0) is 53.5. The maximum absolute atomic E-state index is 13.2. The lowest BCUT2D eigenvalue weighted by molar-refractivity contribution is -0.164. The molecule has 0 aliphatic heterocycles. The molecule has 412 valence electrons. The Morgan fingerprint density at radius 1 is 0.542 bits per heavy atom. The van der Waals surface area contributed by atoms with Crippen molar-refractivity contribution in [2.24, 2.45) is 0 Å². The van der Waals surface area contributed by atoms with Crippen LogP contribution >= 0.6 is 11.8 Å². The van der Waals surface area contributed by atoms with E-state index in [0.29, 0.717) is 30.0 Å². The van der Waals surface area contributed by atoms with Crippen molar-refractivity contribution < 1.29 is 52.5 Å². The molecule has 1 aromatic carbocycles. The summed E-state index contributed by atoms with van der Waals surface area (Å²) < 4.78 is 22.0. The van der Waals surface area contributed by atoms with E-state index in [9.17, 15) is 33.6 Å². The number of thioether (sulfide) groups is 1. The molecule has 0 aliphatic rings. The number of ether oxygens (including phenoxy) is 4. The largest absolute Gasteiger partial charge is 0.462 e. The molecule has 14 heteroatoms. The van der Waals surface area contributed by atoms with Crippen LogP contribution in [0.25, 0.3) is 0 Å². The highest BCUT2D eigenvalue weighted by atomic mass is 32.2. The highest BCUT2D eigenvalue weighted by Gasteiger charge is 2.33. The number of Topliss-reactive ketones (excluding diaryl/α,β-unsaturated/α-hetero) is 1. The molecule has 0 aromatic heterocycles. The third-order valence-corrected chi connectivity index (χ3v) is 13.0. The maximum Gasteiger partial charge on any atom is 0.375 e. The summed E-state index contributed by atoms with van der Waals surface area (Å²) >= 11 is 1.43. The topological polar surface area (TPSA) is 180 Å². The molecule has 0 spiro atoms. The van der Waals surface area contributed by atoms with Crippen molar-refractivity contribution in [2.75, 3.05) is 23.4 Å². The first-order valence-corrected chi connectivity index (χ1v) is 29.1. The summed E-state index contributed by atoms with van der Waals surface area (Å²) in [6.07, 6.45) is 31.2. The van der Waals surface area contributed by atoms with Gasteiger partial charge < -0.3 is 29.6 Å².